The molecule has 8 unspecified atom stereocenters. The van der Waals surface area contributed by atoms with Crippen molar-refractivity contribution in [1.82, 2.24) is 24.9 Å². The molecule has 1 rings (SSSR count). The number of carboxylic acid groups (broad SMARTS) is 1. The fourth-order valence-corrected chi connectivity index (χ4v) is 6.55. The lowest BCUT2D eigenvalue weighted by molar-refractivity contribution is -0.167. The number of nitrogens with one attached hydrogen (secondary N) is 1. The third-order valence-electron chi connectivity index (χ3n) is 9.19. The average Bonchev–Trinajstić information content (AvgIpc) is 2.97. The Kier molecular flexibility index (Phi) is 17.2. The van der Waals surface area contributed by atoms with Gasteiger partial charge in [-0.2, -0.15) is 0 Å². The van der Waals surface area contributed by atoms with Gasteiger partial charge in [-0.1, -0.05) is 0 Å². The van der Waals surface area contributed by atoms with Gasteiger partial charge in [0.1, 0.15) is 41.5 Å². The number of aliphatic carboxylic acids is 1. The molecule has 1 heterocycles. The molecule has 0 radical (unpaired) electrons. The van der Waals surface area contributed by atoms with Gasteiger partial charge in [0.05, 0.1) is 6.04 Å². The van der Waals surface area contributed by atoms with E-state index in [0.717, 1.165) is 0 Å². The molecular weight excluding hydrogens is 670 g/mol. The number of hydrogen-bond acceptors (Lipinski definition) is 12. The molecule has 0 aromatic rings. The van der Waals surface area contributed by atoms with Crippen LogP contribution in [-0.4, -0.2) is 152 Å². The second kappa shape index (κ2) is 19.0. The minimum absolute atomic E-state index is 0.294. The SMILES string of the molecule is CC1CN(C(C)C(=O)OC(C)(C)C)C(C)CN(C(C)C(=O)OC(C)(C)C)C(C)CN(C(C)C(=O)OC(C)(C)C)C(C)CN1C(C)C(=O)NCC(=O)O. The van der Waals surface area contributed by atoms with Crippen LogP contribution in [0.5, 0.6) is 0 Å². The maximum Gasteiger partial charge on any atom is 0.323 e. The first-order valence-corrected chi connectivity index (χ1v) is 18.7. The molecule has 2 N–H and O–H groups in total. The Hall–Kier alpha value is -2.81. The second-order valence-corrected chi connectivity index (χ2v) is 17.6. The summed E-state index contributed by atoms with van der Waals surface area (Å²) in [4.78, 5) is 73.7. The van der Waals surface area contributed by atoms with Crippen molar-refractivity contribution in [3.05, 3.63) is 0 Å². The van der Waals surface area contributed by atoms with Crippen molar-refractivity contribution < 1.29 is 43.3 Å². The normalized spacial score (nSPS) is 25.0. The molecular formula is C38H71N5O9. The van der Waals surface area contributed by atoms with E-state index in [9.17, 15) is 29.1 Å². The van der Waals surface area contributed by atoms with E-state index in [0.29, 0.717) is 26.2 Å². The van der Waals surface area contributed by atoms with Crippen molar-refractivity contribution in [3.63, 3.8) is 0 Å². The summed E-state index contributed by atoms with van der Waals surface area (Å²) in [7, 11) is 0. The topological polar surface area (TPSA) is 158 Å². The Labute approximate surface area is 313 Å². The third kappa shape index (κ3) is 15.3. The van der Waals surface area contributed by atoms with Gasteiger partial charge in [-0.05, 0) is 118 Å². The number of nitrogens with zero attached hydrogens (tertiary/aromatic N) is 4. The number of amides is 1. The van der Waals surface area contributed by atoms with Crippen LogP contribution >= 0.6 is 0 Å². The van der Waals surface area contributed by atoms with E-state index < -0.39 is 71.3 Å². The molecule has 0 aromatic heterocycles. The smallest absolute Gasteiger partial charge is 0.323 e. The number of carbonyl (C=O) groups is 5. The van der Waals surface area contributed by atoms with Crippen LogP contribution in [0.3, 0.4) is 0 Å². The second-order valence-electron chi connectivity index (χ2n) is 17.6. The van der Waals surface area contributed by atoms with E-state index >= 15 is 0 Å². The summed E-state index contributed by atoms with van der Waals surface area (Å²) in [5, 5.41) is 11.8. The van der Waals surface area contributed by atoms with Gasteiger partial charge in [-0.3, -0.25) is 43.6 Å². The number of hydrogen-bond donors (Lipinski definition) is 2. The predicted molar refractivity (Wildman–Crippen MR) is 201 cm³/mol. The van der Waals surface area contributed by atoms with E-state index in [1.165, 1.54) is 0 Å². The van der Waals surface area contributed by atoms with Crippen LogP contribution in [0.2, 0.25) is 0 Å². The van der Waals surface area contributed by atoms with Crippen LogP contribution in [0.25, 0.3) is 0 Å². The van der Waals surface area contributed by atoms with Gasteiger partial charge < -0.3 is 24.6 Å². The minimum Gasteiger partial charge on any atom is -0.480 e. The fraction of sp³-hybridized carbons (Fsp3) is 0.868. The molecule has 1 fully saturated rings. The molecule has 1 saturated heterocycles. The molecule has 302 valence electrons. The van der Waals surface area contributed by atoms with Gasteiger partial charge in [0.15, 0.2) is 0 Å². The lowest BCUT2D eigenvalue weighted by Gasteiger charge is -2.47. The molecule has 52 heavy (non-hydrogen) atoms. The Morgan fingerprint density at radius 2 is 0.769 bits per heavy atom. The standard InChI is InChI=1S/C38H71N5O9/c1-23-20-41(28(6)33(47)50-36(9,10)11)25(3)22-43(30(8)35(49)52-38(15,16)17)26(4)21-42(29(7)34(48)51-37(12,13)14)24(2)19-40(23)27(5)32(46)39-18-31(44)45/h23-30H,18-22H2,1-17H3,(H,39,46)(H,44,45). The van der Waals surface area contributed by atoms with Crippen molar-refractivity contribution in [3.8, 4) is 0 Å². The largest absolute Gasteiger partial charge is 0.480 e. The van der Waals surface area contributed by atoms with E-state index in [-0.39, 0.29) is 30.1 Å². The molecule has 0 aliphatic carbocycles. The summed E-state index contributed by atoms with van der Waals surface area (Å²) in [6.07, 6.45) is 0. The first-order chi connectivity index (χ1) is 23.5. The molecule has 0 spiro atoms. The van der Waals surface area contributed by atoms with Crippen LogP contribution < -0.4 is 5.32 Å². The zero-order valence-electron chi connectivity index (χ0n) is 35.2. The molecule has 0 aromatic carbocycles. The molecule has 0 saturated carbocycles. The van der Waals surface area contributed by atoms with Gasteiger partial charge >= 0.3 is 23.9 Å². The van der Waals surface area contributed by atoms with Crippen molar-refractivity contribution in [2.24, 2.45) is 0 Å². The molecule has 14 heteroatoms. The molecule has 14 nitrogen and oxygen atoms in total. The number of carbonyl (C=O) groups excluding carboxylic acids is 4. The highest BCUT2D eigenvalue weighted by Gasteiger charge is 2.41. The Morgan fingerprint density at radius 3 is 0.981 bits per heavy atom. The van der Waals surface area contributed by atoms with Gasteiger partial charge in [0.2, 0.25) is 5.91 Å². The number of ether oxygens (including phenoxy) is 3. The molecule has 8 atom stereocenters. The van der Waals surface area contributed by atoms with E-state index in [1.54, 1.807) is 20.8 Å². The Balaban J connectivity index is 3.91. The van der Waals surface area contributed by atoms with Crippen LogP contribution in [-0.2, 0) is 38.2 Å². The number of carboxylic acids is 1. The molecule has 0 bridgehead atoms. The van der Waals surface area contributed by atoms with Crippen LogP contribution in [0.1, 0.15) is 118 Å². The Bertz CT molecular complexity index is 1190. The van der Waals surface area contributed by atoms with E-state index in [1.807, 2.05) is 112 Å². The molecule has 1 aliphatic rings. The maximum atomic E-state index is 13.6. The van der Waals surface area contributed by atoms with Crippen LogP contribution in [0.15, 0.2) is 0 Å². The van der Waals surface area contributed by atoms with Crippen LogP contribution in [0, 0.1) is 0 Å². The lowest BCUT2D eigenvalue weighted by atomic mass is 10.0. The van der Waals surface area contributed by atoms with Crippen molar-refractivity contribution in [2.45, 2.75) is 183 Å². The highest BCUT2D eigenvalue weighted by molar-refractivity contribution is 5.85. The molecule has 1 amide bonds. The summed E-state index contributed by atoms with van der Waals surface area (Å²) in [5.41, 5.74) is -2.14. The van der Waals surface area contributed by atoms with Gasteiger partial charge in [-0.15, -0.1) is 0 Å². The van der Waals surface area contributed by atoms with E-state index in [2.05, 4.69) is 10.2 Å². The summed E-state index contributed by atoms with van der Waals surface area (Å²) < 4.78 is 17.5. The average molecular weight is 742 g/mol. The lowest BCUT2D eigenvalue weighted by Crippen LogP contribution is -2.63. The highest BCUT2D eigenvalue weighted by Crippen LogP contribution is 2.24. The quantitative estimate of drug-likeness (QED) is 0.248. The zero-order chi connectivity index (χ0) is 40.7. The zero-order valence-corrected chi connectivity index (χ0v) is 35.2. The summed E-state index contributed by atoms with van der Waals surface area (Å²) >= 11 is 0. The summed E-state index contributed by atoms with van der Waals surface area (Å²) in [6.45, 7) is 32.3. The first-order valence-electron chi connectivity index (χ1n) is 18.7. The van der Waals surface area contributed by atoms with Gasteiger partial charge in [0, 0.05) is 50.3 Å². The van der Waals surface area contributed by atoms with Crippen molar-refractivity contribution in [2.75, 3.05) is 32.7 Å². The highest BCUT2D eigenvalue weighted by atomic mass is 16.6. The Morgan fingerprint density at radius 1 is 0.538 bits per heavy atom. The van der Waals surface area contributed by atoms with Gasteiger partial charge in [0.25, 0.3) is 0 Å². The first kappa shape index (κ1) is 47.2. The van der Waals surface area contributed by atoms with Crippen molar-refractivity contribution >= 4 is 29.8 Å². The summed E-state index contributed by atoms with van der Waals surface area (Å²) in [5.74, 6) is -2.79. The van der Waals surface area contributed by atoms with Crippen LogP contribution in [0.4, 0.5) is 0 Å². The van der Waals surface area contributed by atoms with E-state index in [4.69, 9.17) is 14.2 Å². The minimum atomic E-state index is -1.15. The predicted octanol–water partition coefficient (Wildman–Crippen LogP) is 3.54. The monoisotopic (exact) mass is 742 g/mol. The molecule has 1 aliphatic heterocycles. The number of esters is 3. The van der Waals surface area contributed by atoms with Crippen molar-refractivity contribution in [1.29, 1.82) is 0 Å². The fourth-order valence-electron chi connectivity index (χ4n) is 6.55. The third-order valence-corrected chi connectivity index (χ3v) is 9.19. The number of rotatable bonds is 10. The summed E-state index contributed by atoms with van der Waals surface area (Å²) in [6, 6.07) is -4.06. The maximum absolute atomic E-state index is 13.6. The van der Waals surface area contributed by atoms with Gasteiger partial charge in [-0.25, -0.2) is 0 Å².